The number of benzene rings is 1. The summed E-state index contributed by atoms with van der Waals surface area (Å²) in [4.78, 5) is 0. The van der Waals surface area contributed by atoms with Gasteiger partial charge in [-0.15, -0.1) is 0 Å². The largest absolute Gasteiger partial charge is 0.192 e. The predicted molar refractivity (Wildman–Crippen MR) is 46.1 cm³/mol. The molecule has 0 radical (unpaired) electrons. The van der Waals surface area contributed by atoms with Crippen molar-refractivity contribution in [3.63, 3.8) is 0 Å². The molecule has 0 fully saturated rings. The van der Waals surface area contributed by atoms with Crippen molar-refractivity contribution in [2.45, 2.75) is 0 Å². The van der Waals surface area contributed by atoms with E-state index in [4.69, 9.17) is 16.9 Å². The van der Waals surface area contributed by atoms with Crippen LogP contribution in [-0.4, -0.2) is 0 Å². The molecule has 0 amide bonds. The SMILES string of the molecule is C=C(C#N)c1cccc(Cl)c1. The van der Waals surface area contributed by atoms with E-state index in [1.807, 2.05) is 6.07 Å². The minimum absolute atomic E-state index is 0.438. The quantitative estimate of drug-likeness (QED) is 0.584. The van der Waals surface area contributed by atoms with Gasteiger partial charge in [0.05, 0.1) is 11.6 Å². The molecule has 0 saturated heterocycles. The van der Waals surface area contributed by atoms with E-state index in [9.17, 15) is 0 Å². The summed E-state index contributed by atoms with van der Waals surface area (Å²) in [5, 5.41) is 9.11. The lowest BCUT2D eigenvalue weighted by Gasteiger charge is -1.95. The van der Waals surface area contributed by atoms with E-state index in [1.54, 1.807) is 24.3 Å². The van der Waals surface area contributed by atoms with Gasteiger partial charge >= 0.3 is 0 Å². The van der Waals surface area contributed by atoms with Crippen molar-refractivity contribution in [3.8, 4) is 6.07 Å². The summed E-state index contributed by atoms with van der Waals surface area (Å²) in [6.07, 6.45) is 0. The summed E-state index contributed by atoms with van der Waals surface area (Å²) in [7, 11) is 0. The zero-order chi connectivity index (χ0) is 8.27. The van der Waals surface area contributed by atoms with Crippen LogP contribution in [0.5, 0.6) is 0 Å². The topological polar surface area (TPSA) is 23.8 Å². The maximum absolute atomic E-state index is 8.49. The van der Waals surface area contributed by atoms with E-state index in [0.717, 1.165) is 5.56 Å². The molecule has 54 valence electrons. The van der Waals surface area contributed by atoms with Crippen LogP contribution in [0.1, 0.15) is 5.56 Å². The summed E-state index contributed by atoms with van der Waals surface area (Å²) in [6.45, 7) is 3.56. The molecule has 0 bridgehead atoms. The summed E-state index contributed by atoms with van der Waals surface area (Å²) >= 11 is 5.70. The number of hydrogen-bond donors (Lipinski definition) is 0. The van der Waals surface area contributed by atoms with Gasteiger partial charge < -0.3 is 0 Å². The molecule has 0 N–H and O–H groups in total. The highest BCUT2D eigenvalue weighted by Gasteiger charge is 1.96. The Hall–Kier alpha value is -1.26. The van der Waals surface area contributed by atoms with E-state index in [0.29, 0.717) is 10.6 Å². The van der Waals surface area contributed by atoms with Crippen LogP contribution >= 0.6 is 11.6 Å². The maximum atomic E-state index is 8.49. The van der Waals surface area contributed by atoms with Gasteiger partial charge in [0.15, 0.2) is 0 Å². The smallest absolute Gasteiger partial charge is 0.0991 e. The van der Waals surface area contributed by atoms with Gasteiger partial charge in [0.2, 0.25) is 0 Å². The number of allylic oxidation sites excluding steroid dienone is 1. The predicted octanol–water partition coefficient (Wildman–Crippen LogP) is 2.88. The fourth-order valence-electron chi connectivity index (χ4n) is 0.741. The third-order valence-corrected chi connectivity index (χ3v) is 1.54. The minimum Gasteiger partial charge on any atom is -0.192 e. The Morgan fingerprint density at radius 1 is 1.55 bits per heavy atom. The molecule has 0 aromatic heterocycles. The molecule has 1 rings (SSSR count). The van der Waals surface area contributed by atoms with Crippen LogP contribution < -0.4 is 0 Å². The van der Waals surface area contributed by atoms with Gasteiger partial charge in [0, 0.05) is 5.02 Å². The summed E-state index contributed by atoms with van der Waals surface area (Å²) in [6, 6.07) is 9.03. The van der Waals surface area contributed by atoms with Gasteiger partial charge in [0.1, 0.15) is 0 Å². The van der Waals surface area contributed by atoms with Crippen molar-refractivity contribution in [3.05, 3.63) is 41.4 Å². The van der Waals surface area contributed by atoms with Crippen molar-refractivity contribution in [2.75, 3.05) is 0 Å². The van der Waals surface area contributed by atoms with Crippen LogP contribution in [0.2, 0.25) is 5.02 Å². The summed E-state index contributed by atoms with van der Waals surface area (Å²) in [5.74, 6) is 0. The lowest BCUT2D eigenvalue weighted by molar-refractivity contribution is 1.52. The monoisotopic (exact) mass is 163 g/mol. The van der Waals surface area contributed by atoms with Crippen molar-refractivity contribution >= 4 is 17.2 Å². The first-order chi connectivity index (χ1) is 5.24. The molecule has 11 heavy (non-hydrogen) atoms. The van der Waals surface area contributed by atoms with Crippen LogP contribution in [0.3, 0.4) is 0 Å². The van der Waals surface area contributed by atoms with Crippen LogP contribution in [0.25, 0.3) is 5.57 Å². The van der Waals surface area contributed by atoms with Crippen molar-refractivity contribution in [2.24, 2.45) is 0 Å². The van der Waals surface area contributed by atoms with Gasteiger partial charge in [-0.25, -0.2) is 0 Å². The first kappa shape index (κ1) is 7.84. The number of nitriles is 1. The number of nitrogens with zero attached hydrogens (tertiary/aromatic N) is 1. The molecule has 1 aromatic carbocycles. The highest BCUT2D eigenvalue weighted by Crippen LogP contribution is 2.16. The fraction of sp³-hybridized carbons (Fsp3) is 0. The normalized spacial score (nSPS) is 8.73. The Bertz CT molecular complexity index is 323. The Morgan fingerprint density at radius 2 is 2.27 bits per heavy atom. The molecule has 2 heteroatoms. The van der Waals surface area contributed by atoms with Crippen LogP contribution in [-0.2, 0) is 0 Å². The third kappa shape index (κ3) is 1.83. The molecule has 1 nitrogen and oxygen atoms in total. The molecule has 0 aliphatic carbocycles. The lowest BCUT2D eigenvalue weighted by atomic mass is 10.1. The molecule has 0 unspecified atom stereocenters. The van der Waals surface area contributed by atoms with E-state index < -0.39 is 0 Å². The fourth-order valence-corrected chi connectivity index (χ4v) is 0.931. The third-order valence-electron chi connectivity index (χ3n) is 1.31. The lowest BCUT2D eigenvalue weighted by Crippen LogP contribution is -1.77. The summed E-state index contributed by atoms with van der Waals surface area (Å²) in [5.41, 5.74) is 1.22. The highest BCUT2D eigenvalue weighted by molar-refractivity contribution is 6.30. The molecule has 0 aliphatic rings. The molecule has 0 spiro atoms. The van der Waals surface area contributed by atoms with E-state index in [2.05, 4.69) is 6.58 Å². The molecule has 0 atom stereocenters. The van der Waals surface area contributed by atoms with E-state index >= 15 is 0 Å². The zero-order valence-corrected chi connectivity index (χ0v) is 6.60. The molecule has 1 aromatic rings. The molecule has 0 saturated carbocycles. The Kier molecular flexibility index (Phi) is 2.30. The highest BCUT2D eigenvalue weighted by atomic mass is 35.5. The van der Waals surface area contributed by atoms with Crippen molar-refractivity contribution in [1.29, 1.82) is 5.26 Å². The second-order valence-electron chi connectivity index (χ2n) is 2.10. The number of rotatable bonds is 1. The number of halogens is 1. The van der Waals surface area contributed by atoms with E-state index in [1.165, 1.54) is 0 Å². The van der Waals surface area contributed by atoms with Crippen LogP contribution in [0.4, 0.5) is 0 Å². The molecule has 0 heterocycles. The zero-order valence-electron chi connectivity index (χ0n) is 5.84. The summed E-state index contributed by atoms with van der Waals surface area (Å²) < 4.78 is 0. The minimum atomic E-state index is 0.438. The second-order valence-corrected chi connectivity index (χ2v) is 2.54. The Labute approximate surface area is 70.5 Å². The average molecular weight is 164 g/mol. The first-order valence-corrected chi connectivity index (χ1v) is 3.47. The van der Waals surface area contributed by atoms with Gasteiger partial charge in [-0.1, -0.05) is 30.3 Å². The Balaban J connectivity index is 3.08. The standard InChI is InChI=1S/C9H6ClN/c1-7(6-11)8-3-2-4-9(10)5-8/h2-5H,1H2. The number of hydrogen-bond acceptors (Lipinski definition) is 1. The van der Waals surface area contributed by atoms with Crippen molar-refractivity contribution < 1.29 is 0 Å². The maximum Gasteiger partial charge on any atom is 0.0991 e. The van der Waals surface area contributed by atoms with Gasteiger partial charge in [-0.2, -0.15) is 5.26 Å². The Morgan fingerprint density at radius 3 is 2.82 bits per heavy atom. The van der Waals surface area contributed by atoms with Gasteiger partial charge in [0.25, 0.3) is 0 Å². The average Bonchev–Trinajstić information content (AvgIpc) is 2.03. The van der Waals surface area contributed by atoms with Gasteiger partial charge in [-0.05, 0) is 17.7 Å². The first-order valence-electron chi connectivity index (χ1n) is 3.09. The van der Waals surface area contributed by atoms with Crippen LogP contribution in [0.15, 0.2) is 30.8 Å². The molecular formula is C9H6ClN. The second kappa shape index (κ2) is 3.23. The molecular weight excluding hydrogens is 158 g/mol. The van der Waals surface area contributed by atoms with Crippen molar-refractivity contribution in [1.82, 2.24) is 0 Å². The molecule has 0 aliphatic heterocycles. The van der Waals surface area contributed by atoms with E-state index in [-0.39, 0.29) is 0 Å². The van der Waals surface area contributed by atoms with Gasteiger partial charge in [-0.3, -0.25) is 0 Å². The van der Waals surface area contributed by atoms with Crippen LogP contribution in [0, 0.1) is 11.3 Å².